The standard InChI is InChI=1S/C19H28F3N3O/c1-2-23-18(24-10-6-12-26-15-19(20,21)22)25-11-9-17(14-25)13-16-7-4-3-5-8-16/h3-5,7-8,17H,2,6,9-15H2,1H3,(H,23,24). The lowest BCUT2D eigenvalue weighted by Gasteiger charge is -2.21. The summed E-state index contributed by atoms with van der Waals surface area (Å²) < 4.78 is 40.7. The Morgan fingerprint density at radius 2 is 2.08 bits per heavy atom. The maximum absolute atomic E-state index is 12.0. The minimum atomic E-state index is -4.26. The van der Waals surface area contributed by atoms with Gasteiger partial charge in [0.25, 0.3) is 0 Å². The van der Waals surface area contributed by atoms with Crippen LogP contribution in [-0.2, 0) is 11.2 Å². The molecule has 0 saturated carbocycles. The highest BCUT2D eigenvalue weighted by Gasteiger charge is 2.27. The summed E-state index contributed by atoms with van der Waals surface area (Å²) in [7, 11) is 0. The first kappa shape index (κ1) is 20.6. The Morgan fingerprint density at radius 3 is 2.77 bits per heavy atom. The SMILES string of the molecule is CCNC(=NCCCOCC(F)(F)F)N1CCC(Cc2ccccc2)C1. The van der Waals surface area contributed by atoms with Gasteiger partial charge in [-0.3, -0.25) is 4.99 Å². The van der Waals surface area contributed by atoms with Gasteiger partial charge >= 0.3 is 6.18 Å². The fourth-order valence-corrected chi connectivity index (χ4v) is 3.10. The number of hydrogen-bond acceptors (Lipinski definition) is 2. The Morgan fingerprint density at radius 1 is 1.31 bits per heavy atom. The van der Waals surface area contributed by atoms with Crippen LogP contribution in [0.2, 0.25) is 0 Å². The first-order valence-electron chi connectivity index (χ1n) is 9.19. The van der Waals surface area contributed by atoms with Crippen LogP contribution in [0.15, 0.2) is 35.3 Å². The highest BCUT2D eigenvalue weighted by atomic mass is 19.4. The second-order valence-electron chi connectivity index (χ2n) is 6.55. The predicted molar refractivity (Wildman–Crippen MR) is 97.3 cm³/mol. The summed E-state index contributed by atoms with van der Waals surface area (Å²) >= 11 is 0. The monoisotopic (exact) mass is 371 g/mol. The maximum atomic E-state index is 12.0. The number of hydrogen-bond donors (Lipinski definition) is 1. The molecule has 0 spiro atoms. The lowest BCUT2D eigenvalue weighted by molar-refractivity contribution is -0.173. The van der Waals surface area contributed by atoms with Gasteiger partial charge in [0.1, 0.15) is 6.61 Å². The third-order valence-corrected chi connectivity index (χ3v) is 4.26. The predicted octanol–water partition coefficient (Wildman–Crippen LogP) is 3.49. The molecule has 0 aliphatic carbocycles. The first-order chi connectivity index (χ1) is 12.5. The number of rotatable bonds is 8. The minimum absolute atomic E-state index is 0.0685. The van der Waals surface area contributed by atoms with Crippen LogP contribution in [0.3, 0.4) is 0 Å². The van der Waals surface area contributed by atoms with Crippen molar-refractivity contribution in [2.45, 2.75) is 32.4 Å². The van der Waals surface area contributed by atoms with Gasteiger partial charge in [0.15, 0.2) is 5.96 Å². The fourth-order valence-electron chi connectivity index (χ4n) is 3.10. The molecular formula is C19H28F3N3O. The van der Waals surface area contributed by atoms with Crippen molar-refractivity contribution in [1.82, 2.24) is 10.2 Å². The summed E-state index contributed by atoms with van der Waals surface area (Å²) in [5.74, 6) is 1.44. The van der Waals surface area contributed by atoms with Crippen LogP contribution in [0.25, 0.3) is 0 Å². The van der Waals surface area contributed by atoms with Crippen molar-refractivity contribution < 1.29 is 17.9 Å². The lowest BCUT2D eigenvalue weighted by atomic mass is 9.99. The van der Waals surface area contributed by atoms with Crippen LogP contribution in [0.4, 0.5) is 13.2 Å². The molecule has 0 radical (unpaired) electrons. The van der Waals surface area contributed by atoms with E-state index < -0.39 is 12.8 Å². The Balaban J connectivity index is 1.76. The van der Waals surface area contributed by atoms with Crippen molar-refractivity contribution in [2.24, 2.45) is 10.9 Å². The van der Waals surface area contributed by atoms with Crippen LogP contribution in [0, 0.1) is 5.92 Å². The van der Waals surface area contributed by atoms with Crippen LogP contribution in [-0.4, -0.2) is 56.4 Å². The van der Waals surface area contributed by atoms with Gasteiger partial charge in [-0.05, 0) is 37.7 Å². The molecular weight excluding hydrogens is 343 g/mol. The highest BCUT2D eigenvalue weighted by Crippen LogP contribution is 2.21. The van der Waals surface area contributed by atoms with E-state index in [-0.39, 0.29) is 6.61 Å². The topological polar surface area (TPSA) is 36.9 Å². The number of guanidine groups is 1. The molecule has 1 aromatic carbocycles. The Bertz CT molecular complexity index is 549. The van der Waals surface area contributed by atoms with Gasteiger partial charge in [-0.25, -0.2) is 0 Å². The number of alkyl halides is 3. The van der Waals surface area contributed by atoms with Crippen LogP contribution in [0.1, 0.15) is 25.3 Å². The molecule has 1 N–H and O–H groups in total. The Labute approximate surface area is 153 Å². The molecule has 0 aromatic heterocycles. The number of halogens is 3. The van der Waals surface area contributed by atoms with E-state index in [2.05, 4.69) is 44.2 Å². The molecule has 1 aliphatic rings. The van der Waals surface area contributed by atoms with E-state index in [1.807, 2.05) is 13.0 Å². The molecule has 1 fully saturated rings. The van der Waals surface area contributed by atoms with E-state index in [0.29, 0.717) is 18.9 Å². The zero-order valence-corrected chi connectivity index (χ0v) is 15.3. The molecule has 4 nitrogen and oxygen atoms in total. The molecule has 146 valence electrons. The lowest BCUT2D eigenvalue weighted by Crippen LogP contribution is -2.40. The summed E-state index contributed by atoms with van der Waals surface area (Å²) in [6.45, 7) is 4.02. The summed E-state index contributed by atoms with van der Waals surface area (Å²) in [5.41, 5.74) is 1.35. The zero-order valence-electron chi connectivity index (χ0n) is 15.3. The maximum Gasteiger partial charge on any atom is 0.411 e. The zero-order chi connectivity index (χ0) is 18.8. The number of ether oxygens (including phenoxy) is 1. The molecule has 26 heavy (non-hydrogen) atoms. The van der Waals surface area contributed by atoms with Gasteiger partial charge in [0, 0.05) is 32.8 Å². The summed E-state index contributed by atoms with van der Waals surface area (Å²) in [6.07, 6.45) is -1.61. The normalized spacial score (nSPS) is 18.4. The van der Waals surface area contributed by atoms with Gasteiger partial charge in [0.2, 0.25) is 0 Å². The number of nitrogens with zero attached hydrogens (tertiary/aromatic N) is 2. The molecule has 2 rings (SSSR count). The van der Waals surface area contributed by atoms with Gasteiger partial charge in [0.05, 0.1) is 0 Å². The number of benzene rings is 1. The molecule has 1 aromatic rings. The van der Waals surface area contributed by atoms with Gasteiger partial charge in [-0.15, -0.1) is 0 Å². The van der Waals surface area contributed by atoms with E-state index >= 15 is 0 Å². The average molecular weight is 371 g/mol. The Hall–Kier alpha value is -1.76. The largest absolute Gasteiger partial charge is 0.411 e. The Kier molecular flexibility index (Phi) is 8.22. The fraction of sp³-hybridized carbons (Fsp3) is 0.632. The van der Waals surface area contributed by atoms with Crippen LogP contribution < -0.4 is 5.32 Å². The highest BCUT2D eigenvalue weighted by molar-refractivity contribution is 5.80. The molecule has 7 heteroatoms. The van der Waals surface area contributed by atoms with Crippen molar-refractivity contribution in [3.05, 3.63) is 35.9 Å². The van der Waals surface area contributed by atoms with Crippen LogP contribution in [0.5, 0.6) is 0 Å². The average Bonchev–Trinajstić information content (AvgIpc) is 3.05. The molecule has 0 amide bonds. The second-order valence-corrected chi connectivity index (χ2v) is 6.55. The summed E-state index contributed by atoms with van der Waals surface area (Å²) in [4.78, 5) is 6.78. The quantitative estimate of drug-likeness (QED) is 0.432. The molecule has 0 bridgehead atoms. The van der Waals surface area contributed by atoms with E-state index in [1.165, 1.54) is 5.56 Å². The number of aliphatic imine (C=N–C) groups is 1. The summed E-state index contributed by atoms with van der Waals surface area (Å²) in [5, 5.41) is 3.28. The van der Waals surface area contributed by atoms with Crippen LogP contribution >= 0.6 is 0 Å². The third-order valence-electron chi connectivity index (χ3n) is 4.26. The van der Waals surface area contributed by atoms with Gasteiger partial charge in [-0.1, -0.05) is 30.3 Å². The molecule has 1 atom stereocenters. The number of nitrogens with one attached hydrogen (secondary N) is 1. The van der Waals surface area contributed by atoms with Crippen molar-refractivity contribution in [1.29, 1.82) is 0 Å². The molecule has 1 saturated heterocycles. The number of likely N-dealkylation sites (tertiary alicyclic amines) is 1. The smallest absolute Gasteiger partial charge is 0.372 e. The van der Waals surface area contributed by atoms with Gasteiger partial charge < -0.3 is 15.0 Å². The van der Waals surface area contributed by atoms with Crippen molar-refractivity contribution in [3.63, 3.8) is 0 Å². The second kappa shape index (κ2) is 10.4. The van der Waals surface area contributed by atoms with E-state index in [1.54, 1.807) is 0 Å². The van der Waals surface area contributed by atoms with E-state index in [4.69, 9.17) is 0 Å². The van der Waals surface area contributed by atoms with E-state index in [0.717, 1.165) is 38.4 Å². The van der Waals surface area contributed by atoms with Crippen molar-refractivity contribution >= 4 is 5.96 Å². The molecule has 1 aliphatic heterocycles. The first-order valence-corrected chi connectivity index (χ1v) is 9.19. The third kappa shape index (κ3) is 7.64. The van der Waals surface area contributed by atoms with E-state index in [9.17, 15) is 13.2 Å². The summed E-state index contributed by atoms with van der Waals surface area (Å²) in [6, 6.07) is 10.5. The van der Waals surface area contributed by atoms with Gasteiger partial charge in [-0.2, -0.15) is 13.2 Å². The molecule has 1 heterocycles. The van der Waals surface area contributed by atoms with Crippen molar-refractivity contribution in [2.75, 3.05) is 39.4 Å². The van der Waals surface area contributed by atoms with Crippen molar-refractivity contribution in [3.8, 4) is 0 Å². The molecule has 1 unspecified atom stereocenters. The minimum Gasteiger partial charge on any atom is -0.372 e.